The van der Waals surface area contributed by atoms with Crippen LogP contribution in [0, 0.1) is 0 Å². The van der Waals surface area contributed by atoms with E-state index in [4.69, 9.17) is 5.73 Å². The molecule has 0 radical (unpaired) electrons. The summed E-state index contributed by atoms with van der Waals surface area (Å²) in [5, 5.41) is 12.1. The molecule has 2 amide bonds. The number of carbonyl (C=O) groups is 2. The first kappa shape index (κ1) is 16.6. The molecule has 0 aliphatic carbocycles. The van der Waals surface area contributed by atoms with Crippen molar-refractivity contribution in [3.05, 3.63) is 46.2 Å². The van der Waals surface area contributed by atoms with Gasteiger partial charge in [-0.05, 0) is 24.3 Å². The van der Waals surface area contributed by atoms with Crippen molar-refractivity contribution in [2.24, 2.45) is 5.73 Å². The van der Waals surface area contributed by atoms with E-state index in [1.165, 1.54) is 12.1 Å². The predicted molar refractivity (Wildman–Crippen MR) is 85.5 cm³/mol. The van der Waals surface area contributed by atoms with Crippen LogP contribution < -0.4 is 16.6 Å². The number of thioether (sulfide) groups is 1. The molecular formula is C14H14N4O4S. The van der Waals surface area contributed by atoms with Gasteiger partial charge in [0, 0.05) is 23.4 Å². The monoisotopic (exact) mass is 334 g/mol. The summed E-state index contributed by atoms with van der Waals surface area (Å²) >= 11 is 1.15. The van der Waals surface area contributed by atoms with Crippen molar-refractivity contribution in [2.75, 3.05) is 11.1 Å². The first-order valence-electron chi connectivity index (χ1n) is 6.57. The molecule has 9 heteroatoms. The number of nitrogens with two attached hydrogens (primary N) is 1. The summed E-state index contributed by atoms with van der Waals surface area (Å²) in [4.78, 5) is 40.1. The number of primary amides is 1. The standard InChI is InChI=1S/C14H14N4O4S/c15-13(22)8-1-3-9(4-2-8)16-10(19)5-6-23-14-17-11(20)7-12(21)18-14/h1-4,7H,5-6H2,(H2,15,22)(H,16,19)(H2,17,18,20,21). The molecule has 23 heavy (non-hydrogen) atoms. The number of aromatic hydroxyl groups is 1. The van der Waals surface area contributed by atoms with Gasteiger partial charge in [-0.1, -0.05) is 11.8 Å². The number of aromatic nitrogens is 2. The number of hydrogen-bond donors (Lipinski definition) is 4. The summed E-state index contributed by atoms with van der Waals surface area (Å²) in [6, 6.07) is 7.17. The average molecular weight is 334 g/mol. The fraction of sp³-hybridized carbons (Fsp3) is 0.143. The molecule has 5 N–H and O–H groups in total. The van der Waals surface area contributed by atoms with Crippen LogP contribution in [0.25, 0.3) is 0 Å². The molecule has 2 aromatic rings. The second-order valence-corrected chi connectivity index (χ2v) is 5.58. The highest BCUT2D eigenvalue weighted by Crippen LogP contribution is 2.15. The van der Waals surface area contributed by atoms with E-state index in [1.54, 1.807) is 12.1 Å². The van der Waals surface area contributed by atoms with E-state index < -0.39 is 11.5 Å². The van der Waals surface area contributed by atoms with Gasteiger partial charge in [-0.3, -0.25) is 14.4 Å². The van der Waals surface area contributed by atoms with Gasteiger partial charge in [0.15, 0.2) is 5.16 Å². The lowest BCUT2D eigenvalue weighted by molar-refractivity contribution is -0.115. The van der Waals surface area contributed by atoms with E-state index in [1.807, 2.05) is 0 Å². The van der Waals surface area contributed by atoms with Crippen molar-refractivity contribution in [3.63, 3.8) is 0 Å². The Kier molecular flexibility index (Phi) is 5.36. The molecule has 0 unspecified atom stereocenters. The molecule has 0 fully saturated rings. The molecule has 0 saturated carbocycles. The zero-order valence-electron chi connectivity index (χ0n) is 11.9. The summed E-state index contributed by atoms with van der Waals surface area (Å²) in [6.07, 6.45) is 0.182. The van der Waals surface area contributed by atoms with E-state index in [0.717, 1.165) is 17.8 Å². The van der Waals surface area contributed by atoms with Crippen LogP contribution in [0.1, 0.15) is 16.8 Å². The zero-order chi connectivity index (χ0) is 16.8. The normalized spacial score (nSPS) is 10.3. The third kappa shape index (κ3) is 5.15. The Bertz CT molecular complexity index is 773. The molecule has 8 nitrogen and oxygen atoms in total. The van der Waals surface area contributed by atoms with Crippen LogP contribution in [0.5, 0.6) is 5.88 Å². The topological polar surface area (TPSA) is 138 Å². The first-order chi connectivity index (χ1) is 10.9. The average Bonchev–Trinajstić information content (AvgIpc) is 2.46. The number of anilines is 1. The highest BCUT2D eigenvalue weighted by molar-refractivity contribution is 7.99. The maximum atomic E-state index is 11.8. The Morgan fingerprint density at radius 2 is 2.00 bits per heavy atom. The number of benzene rings is 1. The lowest BCUT2D eigenvalue weighted by Gasteiger charge is -2.05. The highest BCUT2D eigenvalue weighted by atomic mass is 32.2. The van der Waals surface area contributed by atoms with Crippen molar-refractivity contribution >= 4 is 29.3 Å². The first-order valence-corrected chi connectivity index (χ1v) is 7.55. The number of rotatable bonds is 6. The van der Waals surface area contributed by atoms with E-state index >= 15 is 0 Å². The zero-order valence-corrected chi connectivity index (χ0v) is 12.7. The minimum atomic E-state index is -0.535. The Hall–Kier alpha value is -2.81. The van der Waals surface area contributed by atoms with Gasteiger partial charge in [-0.25, -0.2) is 0 Å². The van der Waals surface area contributed by atoms with Crippen LogP contribution >= 0.6 is 11.8 Å². The van der Waals surface area contributed by atoms with Crippen molar-refractivity contribution in [1.82, 2.24) is 9.97 Å². The van der Waals surface area contributed by atoms with Crippen molar-refractivity contribution < 1.29 is 14.7 Å². The lowest BCUT2D eigenvalue weighted by atomic mass is 10.2. The number of hydrogen-bond acceptors (Lipinski definition) is 6. The van der Waals surface area contributed by atoms with Crippen molar-refractivity contribution in [2.45, 2.75) is 11.6 Å². The van der Waals surface area contributed by atoms with Crippen LogP contribution in [0.3, 0.4) is 0 Å². The van der Waals surface area contributed by atoms with E-state index in [9.17, 15) is 19.5 Å². The highest BCUT2D eigenvalue weighted by Gasteiger charge is 2.06. The molecular weight excluding hydrogens is 320 g/mol. The number of nitrogens with one attached hydrogen (secondary N) is 2. The molecule has 0 saturated heterocycles. The van der Waals surface area contributed by atoms with Gasteiger partial charge in [0.05, 0.1) is 6.07 Å². The summed E-state index contributed by atoms with van der Waals surface area (Å²) in [7, 11) is 0. The van der Waals surface area contributed by atoms with Crippen LogP contribution in [-0.2, 0) is 4.79 Å². The number of nitrogens with zero attached hydrogens (tertiary/aromatic N) is 1. The minimum absolute atomic E-state index is 0.182. The molecule has 1 aromatic carbocycles. The van der Waals surface area contributed by atoms with Gasteiger partial charge in [0.2, 0.25) is 17.7 Å². The molecule has 0 spiro atoms. The fourth-order valence-electron chi connectivity index (χ4n) is 1.67. The van der Waals surface area contributed by atoms with Crippen LogP contribution in [0.2, 0.25) is 0 Å². The number of carbonyl (C=O) groups excluding carboxylic acids is 2. The summed E-state index contributed by atoms with van der Waals surface area (Å²) in [5.74, 6) is -0.758. The maximum absolute atomic E-state index is 11.8. The molecule has 0 atom stereocenters. The summed E-state index contributed by atoms with van der Waals surface area (Å²) < 4.78 is 0. The smallest absolute Gasteiger partial charge is 0.255 e. The maximum Gasteiger partial charge on any atom is 0.255 e. The minimum Gasteiger partial charge on any atom is -0.493 e. The Labute approximate surface area is 135 Å². The van der Waals surface area contributed by atoms with Crippen LogP contribution in [0.15, 0.2) is 40.3 Å². The molecule has 0 aliphatic heterocycles. The molecule has 0 bridgehead atoms. The lowest BCUT2D eigenvalue weighted by Crippen LogP contribution is -2.14. The Balaban J connectivity index is 1.83. The van der Waals surface area contributed by atoms with Crippen molar-refractivity contribution in [3.8, 4) is 5.88 Å². The van der Waals surface area contributed by atoms with Gasteiger partial charge < -0.3 is 21.1 Å². The van der Waals surface area contributed by atoms with Gasteiger partial charge in [0.25, 0.3) is 5.56 Å². The van der Waals surface area contributed by atoms with Crippen LogP contribution in [0.4, 0.5) is 5.69 Å². The van der Waals surface area contributed by atoms with Gasteiger partial charge >= 0.3 is 0 Å². The number of H-pyrrole nitrogens is 1. The predicted octanol–water partition coefficient (Wildman–Crippen LogP) is 0.695. The van der Waals surface area contributed by atoms with E-state index in [0.29, 0.717) is 17.0 Å². The quantitative estimate of drug-likeness (QED) is 0.453. The third-order valence-corrected chi connectivity index (χ3v) is 3.60. The van der Waals surface area contributed by atoms with Gasteiger partial charge in [-0.2, -0.15) is 4.98 Å². The molecule has 1 heterocycles. The summed E-state index contributed by atoms with van der Waals surface area (Å²) in [5.41, 5.74) is 5.58. The summed E-state index contributed by atoms with van der Waals surface area (Å²) in [6.45, 7) is 0. The van der Waals surface area contributed by atoms with Gasteiger partial charge in [0.1, 0.15) is 0 Å². The van der Waals surface area contributed by atoms with E-state index in [2.05, 4.69) is 15.3 Å². The third-order valence-electron chi connectivity index (χ3n) is 2.73. The second-order valence-electron chi connectivity index (χ2n) is 4.50. The molecule has 0 aliphatic rings. The van der Waals surface area contributed by atoms with E-state index in [-0.39, 0.29) is 23.4 Å². The Morgan fingerprint density at radius 1 is 1.30 bits per heavy atom. The number of aromatic amines is 1. The SMILES string of the molecule is NC(=O)c1ccc(NC(=O)CCSc2nc(O)cc(=O)[nH]2)cc1. The Morgan fingerprint density at radius 3 is 2.61 bits per heavy atom. The number of amides is 2. The second kappa shape index (κ2) is 7.45. The molecule has 120 valence electrons. The van der Waals surface area contributed by atoms with Gasteiger partial charge in [-0.15, -0.1) is 0 Å². The molecule has 1 aromatic heterocycles. The largest absolute Gasteiger partial charge is 0.493 e. The van der Waals surface area contributed by atoms with Crippen molar-refractivity contribution in [1.29, 1.82) is 0 Å². The van der Waals surface area contributed by atoms with Crippen LogP contribution in [-0.4, -0.2) is 32.6 Å². The molecule has 2 rings (SSSR count). The fourth-order valence-corrected chi connectivity index (χ4v) is 2.48.